The van der Waals surface area contributed by atoms with Crippen molar-refractivity contribution < 1.29 is 18.8 Å². The van der Waals surface area contributed by atoms with Crippen molar-refractivity contribution >= 4 is 5.91 Å². The quantitative estimate of drug-likeness (QED) is 0.766. The highest BCUT2D eigenvalue weighted by atomic mass is 16.5. The van der Waals surface area contributed by atoms with Gasteiger partial charge in [0.05, 0.1) is 19.3 Å². The van der Waals surface area contributed by atoms with Crippen LogP contribution < -0.4 is 0 Å². The molecule has 1 aromatic carbocycles. The van der Waals surface area contributed by atoms with E-state index in [-0.39, 0.29) is 25.2 Å². The van der Waals surface area contributed by atoms with Crippen LogP contribution in [0.2, 0.25) is 0 Å². The van der Waals surface area contributed by atoms with E-state index in [1.54, 1.807) is 7.05 Å². The second-order valence-corrected chi connectivity index (χ2v) is 6.13. The molecule has 134 valence electrons. The van der Waals surface area contributed by atoms with Gasteiger partial charge in [0, 0.05) is 19.2 Å². The normalized spacial score (nSPS) is 17.4. The summed E-state index contributed by atoms with van der Waals surface area (Å²) in [5.41, 5.74) is 0.877. The van der Waals surface area contributed by atoms with E-state index < -0.39 is 0 Å². The maximum absolute atomic E-state index is 12.1. The fraction of sp³-hybridized carbons (Fsp3) is 0.500. The summed E-state index contributed by atoms with van der Waals surface area (Å²) in [6, 6.07) is 9.56. The largest absolute Gasteiger partial charge is 0.376 e. The molecule has 7 heteroatoms. The third-order valence-corrected chi connectivity index (χ3v) is 4.10. The molecule has 1 fully saturated rings. The second kappa shape index (κ2) is 8.73. The van der Waals surface area contributed by atoms with Gasteiger partial charge in [-0.05, 0) is 19.3 Å². The van der Waals surface area contributed by atoms with Gasteiger partial charge in [-0.3, -0.25) is 4.79 Å². The maximum atomic E-state index is 12.1. The van der Waals surface area contributed by atoms with E-state index in [2.05, 4.69) is 10.1 Å². The smallest absolute Gasteiger partial charge is 0.248 e. The summed E-state index contributed by atoms with van der Waals surface area (Å²) in [4.78, 5) is 18.0. The van der Waals surface area contributed by atoms with Gasteiger partial charge in [0.15, 0.2) is 0 Å². The third-order valence-electron chi connectivity index (χ3n) is 4.10. The minimum absolute atomic E-state index is 0.0238. The second-order valence-electron chi connectivity index (χ2n) is 6.13. The third kappa shape index (κ3) is 5.11. The zero-order chi connectivity index (χ0) is 17.5. The predicted molar refractivity (Wildman–Crippen MR) is 90.6 cm³/mol. The molecule has 0 saturated carbocycles. The molecule has 2 aromatic rings. The molecule has 1 atom stereocenters. The van der Waals surface area contributed by atoms with Crippen molar-refractivity contribution in [3.05, 3.63) is 36.2 Å². The Morgan fingerprint density at radius 2 is 2.16 bits per heavy atom. The summed E-state index contributed by atoms with van der Waals surface area (Å²) in [5.74, 6) is 0.780. The maximum Gasteiger partial charge on any atom is 0.248 e. The molecule has 0 radical (unpaired) electrons. The Balaban J connectivity index is 1.44. The summed E-state index contributed by atoms with van der Waals surface area (Å²) >= 11 is 0. The Bertz CT molecular complexity index is 668. The zero-order valence-electron chi connectivity index (χ0n) is 14.4. The first-order chi connectivity index (χ1) is 12.2. The van der Waals surface area contributed by atoms with Crippen molar-refractivity contribution in [2.45, 2.75) is 31.9 Å². The summed E-state index contributed by atoms with van der Waals surface area (Å²) < 4.78 is 16.3. The van der Waals surface area contributed by atoms with E-state index >= 15 is 0 Å². The Morgan fingerprint density at radius 1 is 1.32 bits per heavy atom. The van der Waals surface area contributed by atoms with Crippen molar-refractivity contribution in [3.63, 3.8) is 0 Å². The van der Waals surface area contributed by atoms with E-state index in [4.69, 9.17) is 14.0 Å². The highest BCUT2D eigenvalue weighted by Gasteiger charge is 2.17. The lowest BCUT2D eigenvalue weighted by atomic mass is 10.1. The van der Waals surface area contributed by atoms with Crippen LogP contribution in [0, 0.1) is 0 Å². The first kappa shape index (κ1) is 17.6. The first-order valence-corrected chi connectivity index (χ1v) is 8.53. The van der Waals surface area contributed by atoms with Gasteiger partial charge in [-0.15, -0.1) is 0 Å². The van der Waals surface area contributed by atoms with Crippen LogP contribution in [0.1, 0.15) is 25.2 Å². The number of hydrogen-bond acceptors (Lipinski definition) is 6. The molecule has 0 N–H and O–H groups in total. The molecular formula is C18H23N3O4. The Hall–Kier alpha value is -2.25. The van der Waals surface area contributed by atoms with Gasteiger partial charge in [0.25, 0.3) is 0 Å². The molecule has 1 aliphatic heterocycles. The summed E-state index contributed by atoms with van der Waals surface area (Å²) in [5, 5.41) is 3.95. The highest BCUT2D eigenvalue weighted by molar-refractivity contribution is 5.77. The lowest BCUT2D eigenvalue weighted by Gasteiger charge is -2.22. The molecule has 1 aliphatic rings. The zero-order valence-corrected chi connectivity index (χ0v) is 14.4. The van der Waals surface area contributed by atoms with Crippen molar-refractivity contribution in [3.8, 4) is 11.4 Å². The highest BCUT2D eigenvalue weighted by Crippen LogP contribution is 2.15. The van der Waals surface area contributed by atoms with Crippen molar-refractivity contribution in [2.24, 2.45) is 0 Å². The van der Waals surface area contributed by atoms with Crippen molar-refractivity contribution in [2.75, 3.05) is 26.9 Å². The number of aromatic nitrogens is 2. The molecule has 1 amide bonds. The fourth-order valence-corrected chi connectivity index (χ4v) is 2.64. The van der Waals surface area contributed by atoms with Crippen LogP contribution in [0.4, 0.5) is 0 Å². The van der Waals surface area contributed by atoms with E-state index in [0.29, 0.717) is 18.3 Å². The molecule has 25 heavy (non-hydrogen) atoms. The number of rotatable bonds is 7. The van der Waals surface area contributed by atoms with Crippen molar-refractivity contribution in [1.29, 1.82) is 0 Å². The molecule has 0 bridgehead atoms. The topological polar surface area (TPSA) is 77.7 Å². The first-order valence-electron chi connectivity index (χ1n) is 8.53. The Labute approximate surface area is 146 Å². The molecule has 7 nitrogen and oxygen atoms in total. The van der Waals surface area contributed by atoms with Crippen LogP contribution in [0.25, 0.3) is 11.4 Å². The molecule has 1 aromatic heterocycles. The van der Waals surface area contributed by atoms with E-state index in [1.165, 1.54) is 4.90 Å². The number of benzene rings is 1. The van der Waals surface area contributed by atoms with Crippen LogP contribution >= 0.6 is 0 Å². The fourth-order valence-electron chi connectivity index (χ4n) is 2.64. The van der Waals surface area contributed by atoms with Crippen molar-refractivity contribution in [1.82, 2.24) is 15.0 Å². The monoisotopic (exact) mass is 345 g/mol. The van der Waals surface area contributed by atoms with E-state index in [1.807, 2.05) is 30.3 Å². The van der Waals surface area contributed by atoms with Crippen LogP contribution in [0.5, 0.6) is 0 Å². The summed E-state index contributed by atoms with van der Waals surface area (Å²) in [6.07, 6.45) is 3.36. The number of amides is 1. The van der Waals surface area contributed by atoms with Crippen LogP contribution in [0.3, 0.4) is 0 Å². The molecule has 3 rings (SSSR count). The number of hydrogen-bond donors (Lipinski definition) is 0. The lowest BCUT2D eigenvalue weighted by molar-refractivity contribution is -0.137. The number of nitrogens with zero attached hydrogens (tertiary/aromatic N) is 3. The number of carbonyl (C=O) groups is 1. The minimum Gasteiger partial charge on any atom is -0.376 e. The standard InChI is InChI=1S/C18H23N3O4/c1-21(17(22)13-23-12-15-9-5-6-10-24-15)11-16-19-18(20-25-16)14-7-3-2-4-8-14/h2-4,7-8,15H,5-6,9-13H2,1H3. The summed E-state index contributed by atoms with van der Waals surface area (Å²) in [6.45, 7) is 1.51. The number of ether oxygens (including phenoxy) is 2. The minimum atomic E-state index is -0.129. The SMILES string of the molecule is CN(Cc1nc(-c2ccccc2)no1)C(=O)COCC1CCCCO1. The molecule has 2 heterocycles. The lowest BCUT2D eigenvalue weighted by Crippen LogP contribution is -2.32. The van der Waals surface area contributed by atoms with E-state index in [9.17, 15) is 4.79 Å². The van der Waals surface area contributed by atoms with Crippen LogP contribution in [0.15, 0.2) is 34.9 Å². The predicted octanol–water partition coefficient (Wildman–Crippen LogP) is 2.28. The average Bonchev–Trinajstić information content (AvgIpc) is 3.12. The Morgan fingerprint density at radius 3 is 2.92 bits per heavy atom. The van der Waals surface area contributed by atoms with E-state index in [0.717, 1.165) is 31.4 Å². The average molecular weight is 345 g/mol. The van der Waals surface area contributed by atoms with Gasteiger partial charge >= 0.3 is 0 Å². The van der Waals surface area contributed by atoms with Crippen LogP contribution in [-0.2, 0) is 20.8 Å². The Kier molecular flexibility index (Phi) is 6.14. The summed E-state index contributed by atoms with van der Waals surface area (Å²) in [7, 11) is 1.69. The van der Waals surface area contributed by atoms with Gasteiger partial charge in [-0.2, -0.15) is 4.98 Å². The number of carbonyl (C=O) groups excluding carboxylic acids is 1. The van der Waals surface area contributed by atoms with Crippen LogP contribution in [-0.4, -0.2) is 53.9 Å². The van der Waals surface area contributed by atoms with Gasteiger partial charge in [0.2, 0.25) is 17.6 Å². The molecular weight excluding hydrogens is 322 g/mol. The number of likely N-dealkylation sites (N-methyl/N-ethyl adjacent to an activating group) is 1. The molecule has 1 unspecified atom stereocenters. The van der Waals surface area contributed by atoms with Gasteiger partial charge in [-0.25, -0.2) is 0 Å². The van der Waals surface area contributed by atoms with Gasteiger partial charge < -0.3 is 18.9 Å². The molecule has 0 aliphatic carbocycles. The molecule has 0 spiro atoms. The van der Waals surface area contributed by atoms with Gasteiger partial charge in [-0.1, -0.05) is 35.5 Å². The van der Waals surface area contributed by atoms with Gasteiger partial charge in [0.1, 0.15) is 6.61 Å². The molecule has 1 saturated heterocycles.